The molecule has 1 unspecified atom stereocenters. The topological polar surface area (TPSA) is 96.1 Å². The van der Waals surface area contributed by atoms with Crippen LogP contribution in [0.2, 0.25) is 0 Å². The number of fused-ring (bicyclic) bond motifs is 2. The zero-order chi connectivity index (χ0) is 21.5. The molecule has 0 spiro atoms. The van der Waals surface area contributed by atoms with Gasteiger partial charge in [0.2, 0.25) is 5.95 Å². The van der Waals surface area contributed by atoms with Gasteiger partial charge in [-0.05, 0) is 24.1 Å². The molecule has 0 bridgehead atoms. The number of aryl methyl sites for hydroxylation is 1. The van der Waals surface area contributed by atoms with Gasteiger partial charge in [-0.1, -0.05) is 24.3 Å². The van der Waals surface area contributed by atoms with E-state index in [0.29, 0.717) is 34.9 Å². The number of aromatic nitrogens is 4. The number of ether oxygens (including phenoxy) is 2. The van der Waals surface area contributed by atoms with Crippen molar-refractivity contribution in [2.24, 2.45) is 0 Å². The molecule has 0 radical (unpaired) electrons. The Balaban J connectivity index is 1.69. The fourth-order valence-corrected chi connectivity index (χ4v) is 4.30. The lowest BCUT2D eigenvalue weighted by atomic mass is 9.93. The molecule has 158 valence electrons. The van der Waals surface area contributed by atoms with Crippen LogP contribution in [0.25, 0.3) is 10.9 Å². The maximum Gasteiger partial charge on any atom is 0.260 e. The number of methoxy groups -OCH3 is 2. The van der Waals surface area contributed by atoms with Crippen molar-refractivity contribution in [3.05, 3.63) is 75.6 Å². The fraction of sp³-hybridized carbons (Fsp3) is 0.261. The van der Waals surface area contributed by atoms with Crippen molar-refractivity contribution in [3.8, 4) is 11.5 Å². The van der Waals surface area contributed by atoms with Gasteiger partial charge in [0.15, 0.2) is 11.5 Å². The van der Waals surface area contributed by atoms with Crippen molar-refractivity contribution < 1.29 is 9.47 Å². The number of hydrogen-bond acceptors (Lipinski definition) is 6. The maximum atomic E-state index is 13.0. The Hall–Kier alpha value is -3.81. The van der Waals surface area contributed by atoms with Crippen LogP contribution in [0.1, 0.15) is 28.6 Å². The van der Waals surface area contributed by atoms with Crippen LogP contribution < -0.4 is 19.9 Å². The van der Waals surface area contributed by atoms with E-state index in [0.717, 1.165) is 28.9 Å². The summed E-state index contributed by atoms with van der Waals surface area (Å²) in [6.45, 7) is 2.78. The van der Waals surface area contributed by atoms with E-state index in [9.17, 15) is 4.79 Å². The van der Waals surface area contributed by atoms with E-state index in [1.807, 2.05) is 12.1 Å². The average Bonchev–Trinajstić information content (AvgIpc) is 3.27. The predicted molar refractivity (Wildman–Crippen MR) is 118 cm³/mol. The first-order chi connectivity index (χ1) is 15.1. The second-order valence-corrected chi connectivity index (χ2v) is 7.58. The predicted octanol–water partition coefficient (Wildman–Crippen LogP) is 3.12. The second kappa shape index (κ2) is 7.46. The summed E-state index contributed by atoms with van der Waals surface area (Å²) in [6, 6.07) is 11.5. The highest BCUT2D eigenvalue weighted by atomic mass is 16.5. The SMILES string of the molecule is COc1cc2nc(N3CCc4[nH]cnc4C3c3ccccc3C)[nH]c(=O)c2cc1OC. The highest BCUT2D eigenvalue weighted by Gasteiger charge is 2.33. The van der Waals surface area contributed by atoms with Crippen LogP contribution in [0.3, 0.4) is 0 Å². The van der Waals surface area contributed by atoms with Gasteiger partial charge in [-0.2, -0.15) is 0 Å². The van der Waals surface area contributed by atoms with Crippen molar-refractivity contribution in [2.45, 2.75) is 19.4 Å². The smallest absolute Gasteiger partial charge is 0.260 e. The van der Waals surface area contributed by atoms with Crippen molar-refractivity contribution in [2.75, 3.05) is 25.7 Å². The Morgan fingerprint density at radius 3 is 2.68 bits per heavy atom. The first kappa shape index (κ1) is 19.2. The van der Waals surface area contributed by atoms with E-state index in [1.54, 1.807) is 32.7 Å². The fourth-order valence-electron chi connectivity index (χ4n) is 4.30. The molecule has 4 aromatic rings. The number of hydrogen-bond donors (Lipinski definition) is 2. The molecule has 2 aromatic carbocycles. The van der Waals surface area contributed by atoms with Crippen LogP contribution in [0.4, 0.5) is 5.95 Å². The monoisotopic (exact) mass is 417 g/mol. The Kier molecular flexibility index (Phi) is 4.62. The van der Waals surface area contributed by atoms with Gasteiger partial charge >= 0.3 is 0 Å². The molecule has 0 aliphatic carbocycles. The van der Waals surface area contributed by atoms with Crippen LogP contribution in [-0.2, 0) is 6.42 Å². The van der Waals surface area contributed by atoms with Gasteiger partial charge in [0.05, 0.1) is 37.1 Å². The van der Waals surface area contributed by atoms with Crippen molar-refractivity contribution in [1.82, 2.24) is 19.9 Å². The average molecular weight is 417 g/mol. The van der Waals surface area contributed by atoms with Crippen molar-refractivity contribution in [1.29, 1.82) is 0 Å². The minimum absolute atomic E-state index is 0.156. The number of H-pyrrole nitrogens is 2. The number of aromatic amines is 2. The summed E-state index contributed by atoms with van der Waals surface area (Å²) in [5, 5.41) is 0.450. The third-order valence-electron chi connectivity index (χ3n) is 5.88. The molecular weight excluding hydrogens is 394 g/mol. The summed E-state index contributed by atoms with van der Waals surface area (Å²) in [5.41, 5.74) is 4.67. The minimum atomic E-state index is -0.225. The van der Waals surface area contributed by atoms with E-state index in [-0.39, 0.29) is 11.6 Å². The molecule has 2 N–H and O–H groups in total. The summed E-state index contributed by atoms with van der Waals surface area (Å²) < 4.78 is 10.7. The standard InChI is InChI=1S/C23H23N5O3/c1-13-6-4-5-7-14(13)21-20-16(24-12-25-20)8-9-28(21)23-26-17-11-19(31-3)18(30-2)10-15(17)22(29)27-23/h4-7,10-12,21H,8-9H2,1-3H3,(H,24,25)(H,26,27,29). The molecule has 5 rings (SSSR count). The number of benzene rings is 2. The van der Waals surface area contributed by atoms with Gasteiger partial charge in [-0.25, -0.2) is 9.97 Å². The van der Waals surface area contributed by atoms with Gasteiger partial charge in [-0.3, -0.25) is 9.78 Å². The molecule has 8 heteroatoms. The van der Waals surface area contributed by atoms with Gasteiger partial charge < -0.3 is 19.4 Å². The summed E-state index contributed by atoms with van der Waals surface area (Å²) in [4.78, 5) is 30.7. The Morgan fingerprint density at radius 2 is 1.90 bits per heavy atom. The lowest BCUT2D eigenvalue weighted by Crippen LogP contribution is -2.38. The molecule has 1 aliphatic rings. The van der Waals surface area contributed by atoms with Crippen molar-refractivity contribution >= 4 is 16.9 Å². The lowest BCUT2D eigenvalue weighted by molar-refractivity contribution is 0.355. The molecule has 0 saturated heterocycles. The number of rotatable bonds is 4. The Morgan fingerprint density at radius 1 is 1.13 bits per heavy atom. The van der Waals surface area contributed by atoms with Crippen LogP contribution in [-0.4, -0.2) is 40.7 Å². The summed E-state index contributed by atoms with van der Waals surface area (Å²) in [7, 11) is 3.11. The highest BCUT2D eigenvalue weighted by Crippen LogP contribution is 2.37. The van der Waals surface area contributed by atoms with Crippen LogP contribution >= 0.6 is 0 Å². The summed E-state index contributed by atoms with van der Waals surface area (Å²) in [5.74, 6) is 1.53. The normalized spacial score (nSPS) is 15.7. The van der Waals surface area contributed by atoms with E-state index in [4.69, 9.17) is 14.5 Å². The molecule has 0 fully saturated rings. The molecule has 3 heterocycles. The van der Waals surface area contributed by atoms with E-state index in [2.05, 4.69) is 38.9 Å². The maximum absolute atomic E-state index is 13.0. The second-order valence-electron chi connectivity index (χ2n) is 7.58. The largest absolute Gasteiger partial charge is 0.493 e. The molecule has 2 aromatic heterocycles. The highest BCUT2D eigenvalue weighted by molar-refractivity contribution is 5.82. The molecule has 0 amide bonds. The van der Waals surface area contributed by atoms with Crippen LogP contribution in [0, 0.1) is 6.92 Å². The van der Waals surface area contributed by atoms with Gasteiger partial charge in [-0.15, -0.1) is 0 Å². The minimum Gasteiger partial charge on any atom is -0.493 e. The number of nitrogens with one attached hydrogen (secondary N) is 2. The Bertz CT molecular complexity index is 1330. The van der Waals surface area contributed by atoms with Gasteiger partial charge in [0.25, 0.3) is 5.56 Å². The molecule has 0 saturated carbocycles. The van der Waals surface area contributed by atoms with Gasteiger partial charge in [0.1, 0.15) is 6.04 Å². The molecular formula is C23H23N5O3. The third kappa shape index (κ3) is 3.11. The zero-order valence-electron chi connectivity index (χ0n) is 17.6. The number of nitrogens with zero attached hydrogens (tertiary/aromatic N) is 3. The Labute approximate surface area is 178 Å². The molecule has 8 nitrogen and oxygen atoms in total. The van der Waals surface area contributed by atoms with Gasteiger partial charge in [0, 0.05) is 24.7 Å². The molecule has 1 atom stereocenters. The quantitative estimate of drug-likeness (QED) is 0.530. The zero-order valence-corrected chi connectivity index (χ0v) is 17.6. The number of anilines is 1. The van der Waals surface area contributed by atoms with E-state index < -0.39 is 0 Å². The first-order valence-electron chi connectivity index (χ1n) is 10.1. The van der Waals surface area contributed by atoms with E-state index >= 15 is 0 Å². The van der Waals surface area contributed by atoms with Crippen LogP contribution in [0.5, 0.6) is 11.5 Å². The van der Waals surface area contributed by atoms with Crippen molar-refractivity contribution in [3.63, 3.8) is 0 Å². The third-order valence-corrected chi connectivity index (χ3v) is 5.88. The van der Waals surface area contributed by atoms with E-state index in [1.165, 1.54) is 0 Å². The number of imidazole rings is 1. The molecule has 1 aliphatic heterocycles. The summed E-state index contributed by atoms with van der Waals surface area (Å²) in [6.07, 6.45) is 2.51. The molecule has 31 heavy (non-hydrogen) atoms. The first-order valence-corrected chi connectivity index (χ1v) is 10.1. The lowest BCUT2D eigenvalue weighted by Gasteiger charge is -2.36. The van der Waals surface area contributed by atoms with Crippen LogP contribution in [0.15, 0.2) is 47.5 Å². The summed E-state index contributed by atoms with van der Waals surface area (Å²) >= 11 is 0.